The maximum atomic E-state index is 13.9. The average molecular weight is 851 g/mol. The molecule has 0 aliphatic carbocycles. The zero-order valence-electron chi connectivity index (χ0n) is 32.4. The molecule has 0 unspecified atom stereocenters. The molecule has 0 aromatic heterocycles. The van der Waals surface area contributed by atoms with Gasteiger partial charge in [-0.1, -0.05) is 103 Å². The summed E-state index contributed by atoms with van der Waals surface area (Å²) in [5, 5.41) is 32.9. The molecule has 3 N–H and O–H groups in total. The first-order chi connectivity index (χ1) is 29.7. The third-order valence-electron chi connectivity index (χ3n) is 9.83. The van der Waals surface area contributed by atoms with Gasteiger partial charge in [0, 0.05) is 4.90 Å². The lowest BCUT2D eigenvalue weighted by Gasteiger charge is -2.45. The summed E-state index contributed by atoms with van der Waals surface area (Å²) in [7, 11) is 0. The van der Waals surface area contributed by atoms with Crippen molar-refractivity contribution in [3.8, 4) is 0 Å². The molecule has 0 radical (unpaired) electrons. The molecule has 2 heterocycles. The van der Waals surface area contributed by atoms with Crippen LogP contribution in [0.1, 0.15) is 41.4 Å². The van der Waals surface area contributed by atoms with E-state index in [2.05, 4.69) is 0 Å². The van der Waals surface area contributed by atoms with Gasteiger partial charge in [-0.15, -0.1) is 0 Å². The van der Waals surface area contributed by atoms with Gasteiger partial charge in [-0.2, -0.15) is 0 Å². The van der Waals surface area contributed by atoms with E-state index in [9.17, 15) is 34.5 Å². The van der Waals surface area contributed by atoms with Crippen LogP contribution in [0.25, 0.3) is 0 Å². The lowest BCUT2D eigenvalue weighted by atomic mass is 9.97. The second-order valence-corrected chi connectivity index (χ2v) is 15.2. The molecule has 2 aliphatic rings. The van der Waals surface area contributed by atoms with Crippen LogP contribution in [-0.2, 0) is 33.2 Å². The highest BCUT2D eigenvalue weighted by molar-refractivity contribution is 7.99. The van der Waals surface area contributed by atoms with E-state index in [0.717, 1.165) is 11.8 Å². The van der Waals surface area contributed by atoms with Gasteiger partial charge < -0.3 is 48.5 Å². The molecule has 0 amide bonds. The predicted molar refractivity (Wildman–Crippen MR) is 217 cm³/mol. The van der Waals surface area contributed by atoms with Crippen molar-refractivity contribution in [2.24, 2.45) is 0 Å². The zero-order chi connectivity index (χ0) is 42.7. The monoisotopic (exact) mass is 850 g/mol. The van der Waals surface area contributed by atoms with E-state index >= 15 is 0 Å². The quantitative estimate of drug-likeness (QED) is 0.101. The van der Waals surface area contributed by atoms with E-state index in [1.54, 1.807) is 97.1 Å². The van der Waals surface area contributed by atoms with Crippen molar-refractivity contribution in [3.05, 3.63) is 174 Å². The standard InChI is InChI=1S/C46H42O14S/c47-35-33(57-46(37(49)36(35)48)61-32-24-14-5-15-25-32)26-55-45-40(60-44(53)31-22-12-4-13-23-31)39(59-43(52)30-20-10-3-11-21-30)38(58-42(51)29-18-8-2-9-19-29)34(56-45)27-54-41(50)28-16-6-1-7-17-28/h1-25,33-40,45-49H,26-27H2/t33-,34-,35-,36+,37-,38-,39+,40-,45-,46+/m1/s1. The van der Waals surface area contributed by atoms with Crippen molar-refractivity contribution >= 4 is 35.6 Å². The smallest absolute Gasteiger partial charge is 0.338 e. The summed E-state index contributed by atoms with van der Waals surface area (Å²) >= 11 is 1.11. The first kappa shape index (κ1) is 43.2. The molecule has 10 atom stereocenters. The van der Waals surface area contributed by atoms with Crippen LogP contribution < -0.4 is 0 Å². The summed E-state index contributed by atoms with van der Waals surface area (Å²) in [4.78, 5) is 55.5. The molecule has 0 spiro atoms. The maximum Gasteiger partial charge on any atom is 0.338 e. The Morgan fingerprint density at radius 3 is 1.38 bits per heavy atom. The molecular formula is C46H42O14S. The summed E-state index contributed by atoms with van der Waals surface area (Å²) in [5.74, 6) is -3.40. The third kappa shape index (κ3) is 10.9. The van der Waals surface area contributed by atoms with Gasteiger partial charge in [-0.05, 0) is 60.7 Å². The third-order valence-corrected chi connectivity index (χ3v) is 11.0. The topological polar surface area (TPSA) is 194 Å². The Labute approximate surface area is 354 Å². The molecule has 0 bridgehead atoms. The fourth-order valence-electron chi connectivity index (χ4n) is 6.64. The number of benzene rings is 5. The minimum Gasteiger partial charge on any atom is -0.459 e. The number of esters is 4. The average Bonchev–Trinajstić information content (AvgIpc) is 3.31. The number of carbonyl (C=O) groups is 4. The van der Waals surface area contributed by atoms with E-state index in [1.165, 1.54) is 48.5 Å². The predicted octanol–water partition coefficient (Wildman–Crippen LogP) is 4.86. The minimum absolute atomic E-state index is 0.105. The summed E-state index contributed by atoms with van der Waals surface area (Å²) in [5.41, 5.74) is -0.514. The maximum absolute atomic E-state index is 13.9. The molecule has 2 saturated heterocycles. The minimum atomic E-state index is -1.69. The summed E-state index contributed by atoms with van der Waals surface area (Å²) < 4.78 is 42.6. The van der Waals surface area contributed by atoms with Crippen molar-refractivity contribution in [2.75, 3.05) is 13.2 Å². The Kier molecular flexibility index (Phi) is 14.6. The number of aliphatic hydroxyl groups is 3. The highest BCUT2D eigenvalue weighted by Crippen LogP contribution is 2.35. The molecule has 5 aromatic carbocycles. The van der Waals surface area contributed by atoms with E-state index in [-0.39, 0.29) is 22.3 Å². The normalized spacial score (nSPS) is 26.0. The molecule has 316 valence electrons. The van der Waals surface area contributed by atoms with Crippen molar-refractivity contribution in [2.45, 2.75) is 65.5 Å². The van der Waals surface area contributed by atoms with Crippen LogP contribution in [0.3, 0.4) is 0 Å². The summed E-state index contributed by atoms with van der Waals surface area (Å²) in [6.07, 6.45) is -14.2. The Hall–Kier alpha value is -5.91. The van der Waals surface area contributed by atoms with Crippen molar-refractivity contribution in [1.29, 1.82) is 0 Å². The first-order valence-corrected chi connectivity index (χ1v) is 20.2. The molecule has 2 fully saturated rings. The van der Waals surface area contributed by atoms with Gasteiger partial charge in [-0.25, -0.2) is 19.2 Å². The molecule has 14 nitrogen and oxygen atoms in total. The number of hydrogen-bond acceptors (Lipinski definition) is 15. The largest absolute Gasteiger partial charge is 0.459 e. The number of ether oxygens (including phenoxy) is 7. The van der Waals surface area contributed by atoms with Crippen molar-refractivity contribution in [1.82, 2.24) is 0 Å². The summed E-state index contributed by atoms with van der Waals surface area (Å²) in [6.45, 7) is -1.12. The molecule has 0 saturated carbocycles. The van der Waals surface area contributed by atoms with Crippen LogP contribution in [0.4, 0.5) is 0 Å². The number of rotatable bonds is 14. The number of aliphatic hydroxyl groups excluding tert-OH is 3. The van der Waals surface area contributed by atoms with Crippen LogP contribution in [0.5, 0.6) is 0 Å². The van der Waals surface area contributed by atoms with E-state index in [1.807, 2.05) is 6.07 Å². The lowest BCUT2D eigenvalue weighted by Crippen LogP contribution is -2.64. The van der Waals surface area contributed by atoms with E-state index < -0.39 is 97.6 Å². The van der Waals surface area contributed by atoms with Crippen LogP contribution in [0, 0.1) is 0 Å². The molecule has 15 heteroatoms. The fourth-order valence-corrected chi connectivity index (χ4v) is 7.72. The Morgan fingerprint density at radius 1 is 0.459 bits per heavy atom. The van der Waals surface area contributed by atoms with Crippen LogP contribution in [0.2, 0.25) is 0 Å². The SMILES string of the molecule is O=C(OC[C@H]1O[C@@H](OC[C@H]2O[C@@H](Sc3ccccc3)[C@H](O)[C@@H](O)[C@@H]2O)[C@H](OC(=O)c2ccccc2)[C@@H](OC(=O)c2ccccc2)[C@@H]1OC(=O)c1ccccc1)c1ccccc1. The lowest BCUT2D eigenvalue weighted by molar-refractivity contribution is -0.309. The molecule has 7 rings (SSSR count). The van der Waals surface area contributed by atoms with Gasteiger partial charge in [0.25, 0.3) is 0 Å². The van der Waals surface area contributed by atoms with Crippen LogP contribution in [-0.4, -0.2) is 113 Å². The summed E-state index contributed by atoms with van der Waals surface area (Å²) in [6, 6.07) is 40.8. The Bertz CT molecular complexity index is 2200. The molecule has 5 aromatic rings. The Balaban J connectivity index is 1.25. The van der Waals surface area contributed by atoms with Gasteiger partial charge in [0.05, 0.1) is 28.9 Å². The van der Waals surface area contributed by atoms with Crippen molar-refractivity contribution in [3.63, 3.8) is 0 Å². The molecule has 61 heavy (non-hydrogen) atoms. The molecular weight excluding hydrogens is 809 g/mol. The molecule has 2 aliphatic heterocycles. The highest BCUT2D eigenvalue weighted by atomic mass is 32.2. The van der Waals surface area contributed by atoms with Crippen LogP contribution >= 0.6 is 11.8 Å². The van der Waals surface area contributed by atoms with E-state index in [0.29, 0.717) is 4.90 Å². The Morgan fingerprint density at radius 2 is 0.885 bits per heavy atom. The van der Waals surface area contributed by atoms with Gasteiger partial charge in [0.1, 0.15) is 42.6 Å². The van der Waals surface area contributed by atoms with Gasteiger partial charge in [0.15, 0.2) is 24.6 Å². The van der Waals surface area contributed by atoms with Crippen molar-refractivity contribution < 1.29 is 67.7 Å². The van der Waals surface area contributed by atoms with Gasteiger partial charge >= 0.3 is 23.9 Å². The number of carbonyl (C=O) groups excluding carboxylic acids is 4. The number of thioether (sulfide) groups is 1. The van der Waals surface area contributed by atoms with Gasteiger partial charge in [0.2, 0.25) is 0 Å². The fraction of sp³-hybridized carbons (Fsp3) is 0.261. The first-order valence-electron chi connectivity index (χ1n) is 19.3. The van der Waals surface area contributed by atoms with Gasteiger partial charge in [-0.3, -0.25) is 0 Å². The van der Waals surface area contributed by atoms with Crippen LogP contribution in [0.15, 0.2) is 157 Å². The second-order valence-electron chi connectivity index (χ2n) is 14.0. The second kappa shape index (κ2) is 20.6. The number of hydrogen-bond donors (Lipinski definition) is 3. The zero-order valence-corrected chi connectivity index (χ0v) is 33.2. The van der Waals surface area contributed by atoms with E-state index in [4.69, 9.17) is 33.2 Å². The highest BCUT2D eigenvalue weighted by Gasteiger charge is 2.54.